The number of primary amides is 1. The molecule has 2 aromatic rings. The molecule has 0 bridgehead atoms. The molecule has 122 valence electrons. The van der Waals surface area contributed by atoms with Crippen LogP contribution in [-0.4, -0.2) is 37.0 Å². The lowest BCUT2D eigenvalue weighted by Gasteiger charge is -2.23. The van der Waals surface area contributed by atoms with Gasteiger partial charge in [-0.1, -0.05) is 18.2 Å². The van der Waals surface area contributed by atoms with Crippen LogP contribution in [0.15, 0.2) is 36.4 Å². The van der Waals surface area contributed by atoms with Crippen LogP contribution in [0.4, 0.5) is 4.79 Å². The van der Waals surface area contributed by atoms with Crippen molar-refractivity contribution >= 4 is 22.7 Å². The topological polar surface area (TPSA) is 84.7 Å². The van der Waals surface area contributed by atoms with E-state index in [0.29, 0.717) is 6.54 Å². The molecule has 0 unspecified atom stereocenters. The maximum absolute atomic E-state index is 11.8. The number of rotatable bonds is 5. The Morgan fingerprint density at radius 1 is 1.22 bits per heavy atom. The third kappa shape index (κ3) is 4.20. The van der Waals surface area contributed by atoms with Crippen molar-refractivity contribution in [3.8, 4) is 5.75 Å². The fraction of sp³-hybridized carbons (Fsp3) is 0.294. The van der Waals surface area contributed by atoms with Crippen LogP contribution in [0.1, 0.15) is 12.5 Å². The van der Waals surface area contributed by atoms with E-state index in [0.717, 1.165) is 22.1 Å². The molecule has 23 heavy (non-hydrogen) atoms. The van der Waals surface area contributed by atoms with Crippen LogP contribution in [0.5, 0.6) is 5.75 Å². The Bertz CT molecular complexity index is 730. The summed E-state index contributed by atoms with van der Waals surface area (Å²) in [5, 5.41) is 4.29. The SMILES string of the molecule is COc1ccc2cc(CN(C)[C@H](C)C(=O)NC(N)=O)ccc2c1. The largest absolute Gasteiger partial charge is 0.497 e. The number of urea groups is 1. The van der Waals surface area contributed by atoms with Crippen LogP contribution < -0.4 is 15.8 Å². The number of hydrogen-bond acceptors (Lipinski definition) is 4. The summed E-state index contributed by atoms with van der Waals surface area (Å²) in [6, 6.07) is 10.7. The molecule has 1 atom stereocenters. The highest BCUT2D eigenvalue weighted by atomic mass is 16.5. The molecule has 2 aromatic carbocycles. The Morgan fingerprint density at radius 3 is 2.52 bits per heavy atom. The zero-order valence-corrected chi connectivity index (χ0v) is 13.5. The molecule has 0 spiro atoms. The molecule has 0 aliphatic heterocycles. The van der Waals surface area contributed by atoms with E-state index in [4.69, 9.17) is 10.5 Å². The molecule has 6 heteroatoms. The van der Waals surface area contributed by atoms with Crippen molar-refractivity contribution in [2.75, 3.05) is 14.2 Å². The number of ether oxygens (including phenoxy) is 1. The van der Waals surface area contributed by atoms with E-state index in [2.05, 4.69) is 11.4 Å². The lowest BCUT2D eigenvalue weighted by atomic mass is 10.1. The van der Waals surface area contributed by atoms with Crippen LogP contribution in [0.2, 0.25) is 0 Å². The normalized spacial score (nSPS) is 12.2. The summed E-state index contributed by atoms with van der Waals surface area (Å²) in [5.74, 6) is 0.407. The fourth-order valence-electron chi connectivity index (χ4n) is 2.35. The first-order valence-corrected chi connectivity index (χ1v) is 7.28. The summed E-state index contributed by atoms with van der Waals surface area (Å²) < 4.78 is 5.22. The molecule has 0 saturated heterocycles. The number of likely N-dealkylation sites (N-methyl/N-ethyl adjacent to an activating group) is 1. The number of methoxy groups -OCH3 is 1. The lowest BCUT2D eigenvalue weighted by molar-refractivity contribution is -0.124. The van der Waals surface area contributed by atoms with Gasteiger partial charge in [0.1, 0.15) is 5.75 Å². The van der Waals surface area contributed by atoms with Crippen LogP contribution in [0, 0.1) is 0 Å². The number of hydrogen-bond donors (Lipinski definition) is 2. The molecular formula is C17H21N3O3. The number of nitrogens with two attached hydrogens (primary N) is 1. The number of fused-ring (bicyclic) bond motifs is 1. The van der Waals surface area contributed by atoms with Crippen LogP contribution >= 0.6 is 0 Å². The second-order valence-corrected chi connectivity index (χ2v) is 5.49. The smallest absolute Gasteiger partial charge is 0.318 e. The van der Waals surface area contributed by atoms with Crippen molar-refractivity contribution in [2.45, 2.75) is 19.5 Å². The summed E-state index contributed by atoms with van der Waals surface area (Å²) >= 11 is 0. The third-order valence-corrected chi connectivity index (χ3v) is 3.83. The van der Waals surface area contributed by atoms with Gasteiger partial charge in [-0.25, -0.2) is 4.79 Å². The number of carbonyl (C=O) groups excluding carboxylic acids is 2. The predicted molar refractivity (Wildman–Crippen MR) is 89.2 cm³/mol. The van der Waals surface area contributed by atoms with Gasteiger partial charge < -0.3 is 10.5 Å². The maximum atomic E-state index is 11.8. The van der Waals surface area contributed by atoms with Gasteiger partial charge >= 0.3 is 6.03 Å². The van der Waals surface area contributed by atoms with E-state index in [1.54, 1.807) is 14.0 Å². The lowest BCUT2D eigenvalue weighted by Crippen LogP contribution is -2.46. The molecule has 2 rings (SSSR count). The van der Waals surface area contributed by atoms with Crippen molar-refractivity contribution in [2.24, 2.45) is 5.73 Å². The quantitative estimate of drug-likeness (QED) is 0.882. The van der Waals surface area contributed by atoms with E-state index in [-0.39, 0.29) is 0 Å². The van der Waals surface area contributed by atoms with Crippen molar-refractivity contribution in [3.63, 3.8) is 0 Å². The van der Waals surface area contributed by atoms with Gasteiger partial charge in [0.2, 0.25) is 5.91 Å². The second kappa shape index (κ2) is 7.11. The Balaban J connectivity index is 2.11. The van der Waals surface area contributed by atoms with Gasteiger partial charge in [-0.15, -0.1) is 0 Å². The Labute approximate surface area is 135 Å². The summed E-state index contributed by atoms with van der Waals surface area (Å²) in [6.45, 7) is 2.31. The number of nitrogens with one attached hydrogen (secondary N) is 1. The van der Waals surface area contributed by atoms with Gasteiger partial charge in [-0.05, 0) is 48.5 Å². The number of imide groups is 1. The van der Waals surface area contributed by atoms with Gasteiger partial charge in [0.25, 0.3) is 0 Å². The zero-order valence-electron chi connectivity index (χ0n) is 13.5. The first-order chi connectivity index (χ1) is 10.9. The van der Waals surface area contributed by atoms with Crippen LogP contribution in [-0.2, 0) is 11.3 Å². The molecule has 3 N–H and O–H groups in total. The predicted octanol–water partition coefficient (Wildman–Crippen LogP) is 1.86. The summed E-state index contributed by atoms with van der Waals surface area (Å²) in [5.41, 5.74) is 6.04. The average Bonchev–Trinajstić information content (AvgIpc) is 2.52. The first-order valence-electron chi connectivity index (χ1n) is 7.28. The molecular weight excluding hydrogens is 294 g/mol. The fourth-order valence-corrected chi connectivity index (χ4v) is 2.35. The molecule has 0 aliphatic rings. The Morgan fingerprint density at radius 2 is 1.87 bits per heavy atom. The molecule has 0 radical (unpaired) electrons. The summed E-state index contributed by atoms with van der Waals surface area (Å²) in [6.07, 6.45) is 0. The highest BCUT2D eigenvalue weighted by molar-refractivity contribution is 5.96. The van der Waals surface area contributed by atoms with Crippen LogP contribution in [0.3, 0.4) is 0 Å². The number of carbonyl (C=O) groups is 2. The standard InChI is InChI=1S/C17H21N3O3/c1-11(16(21)19-17(18)22)20(2)10-12-4-5-14-9-15(23-3)7-6-13(14)8-12/h4-9,11H,10H2,1-3H3,(H3,18,19,21,22)/t11-/m1/s1. The van der Waals surface area contributed by atoms with Gasteiger partial charge in [0.15, 0.2) is 0 Å². The summed E-state index contributed by atoms with van der Waals surface area (Å²) in [4.78, 5) is 24.4. The van der Waals surface area contributed by atoms with Crippen molar-refractivity contribution in [1.82, 2.24) is 10.2 Å². The average molecular weight is 315 g/mol. The molecule has 0 aliphatic carbocycles. The van der Waals surface area contributed by atoms with Gasteiger partial charge in [0, 0.05) is 6.54 Å². The first kappa shape index (κ1) is 16.8. The maximum Gasteiger partial charge on any atom is 0.318 e. The molecule has 0 aromatic heterocycles. The number of nitrogens with zero attached hydrogens (tertiary/aromatic N) is 1. The van der Waals surface area contributed by atoms with E-state index in [9.17, 15) is 9.59 Å². The monoisotopic (exact) mass is 315 g/mol. The van der Waals surface area contributed by atoms with Gasteiger partial charge in [-0.2, -0.15) is 0 Å². The van der Waals surface area contributed by atoms with E-state index < -0.39 is 18.0 Å². The van der Waals surface area contributed by atoms with E-state index >= 15 is 0 Å². The van der Waals surface area contributed by atoms with Crippen LogP contribution in [0.25, 0.3) is 10.8 Å². The van der Waals surface area contributed by atoms with Gasteiger partial charge in [-0.3, -0.25) is 15.0 Å². The highest BCUT2D eigenvalue weighted by Crippen LogP contribution is 2.22. The molecule has 0 fully saturated rings. The van der Waals surface area contributed by atoms with Crippen molar-refractivity contribution in [1.29, 1.82) is 0 Å². The Hall–Kier alpha value is -2.60. The molecule has 3 amide bonds. The van der Waals surface area contributed by atoms with Gasteiger partial charge in [0.05, 0.1) is 13.2 Å². The second-order valence-electron chi connectivity index (χ2n) is 5.49. The molecule has 0 saturated carbocycles. The summed E-state index contributed by atoms with van der Waals surface area (Å²) in [7, 11) is 3.46. The molecule has 0 heterocycles. The molecule has 6 nitrogen and oxygen atoms in total. The minimum Gasteiger partial charge on any atom is -0.497 e. The third-order valence-electron chi connectivity index (χ3n) is 3.83. The van der Waals surface area contributed by atoms with Crippen molar-refractivity contribution < 1.29 is 14.3 Å². The van der Waals surface area contributed by atoms with E-state index in [1.165, 1.54) is 0 Å². The van der Waals surface area contributed by atoms with E-state index in [1.807, 2.05) is 42.3 Å². The number of amides is 3. The Kier molecular flexibility index (Phi) is 5.18. The highest BCUT2D eigenvalue weighted by Gasteiger charge is 2.19. The minimum absolute atomic E-state index is 0.412. The zero-order chi connectivity index (χ0) is 17.0. The minimum atomic E-state index is -0.838. The van der Waals surface area contributed by atoms with Crippen molar-refractivity contribution in [3.05, 3.63) is 42.0 Å². The number of benzene rings is 2.